The molecule has 0 rings (SSSR count). The molecule has 0 aliphatic heterocycles. The van der Waals surface area contributed by atoms with Crippen LogP contribution >= 0.6 is 0 Å². The second-order valence-corrected chi connectivity index (χ2v) is 6.64. The zero-order chi connectivity index (χ0) is 16.9. The van der Waals surface area contributed by atoms with Gasteiger partial charge in [0.1, 0.15) is 6.42 Å². The number of hydrogen-bond acceptors (Lipinski definition) is 2. The van der Waals surface area contributed by atoms with Gasteiger partial charge in [-0.2, -0.15) is 0 Å². The standard InChI is InChI=1S/C13H27.C3H4O4.Li/c1-6-7-8-9-10-11-12(2)13(3,4)5;4-2(5)1-3(6)7;/h12H,2,6-11H2,1,3-5H3;1H2,(H,4,5)(H,6,7);. The van der Waals surface area contributed by atoms with Gasteiger partial charge in [0.05, 0.1) is 0 Å². The first-order valence-corrected chi connectivity index (χ1v) is 8.08. The first-order chi connectivity index (χ1) is 9.65. The van der Waals surface area contributed by atoms with E-state index in [-0.39, 0.29) is 0 Å². The molecule has 0 aromatic rings. The third kappa shape index (κ3) is 17.5. The zero-order valence-electron chi connectivity index (χ0n) is 14.4. The van der Waals surface area contributed by atoms with Gasteiger partial charge >= 0.3 is 112 Å². The Hall–Kier alpha value is -0.463. The van der Waals surface area contributed by atoms with Crippen LogP contribution < -0.4 is 0 Å². The van der Waals surface area contributed by atoms with Crippen molar-refractivity contribution >= 4 is 29.7 Å². The molecule has 0 heterocycles. The molecule has 0 spiro atoms. The quantitative estimate of drug-likeness (QED) is 0.381. The van der Waals surface area contributed by atoms with Gasteiger partial charge in [0, 0.05) is 0 Å². The van der Waals surface area contributed by atoms with Gasteiger partial charge < -0.3 is 10.2 Å². The molecule has 2 N–H and O–H groups in total. The Morgan fingerprint density at radius 1 is 1.00 bits per heavy atom. The number of carboxylic acid groups (broad SMARTS) is 2. The van der Waals surface area contributed by atoms with E-state index in [0.717, 1.165) is 5.92 Å². The Labute approximate surface area is 138 Å². The molecular formula is C16H31LiO4. The normalized spacial score (nSPS) is 12.3. The maximum atomic E-state index is 9.43. The third-order valence-corrected chi connectivity index (χ3v) is 3.68. The minimum atomic E-state index is -1.31. The van der Waals surface area contributed by atoms with E-state index in [1.807, 2.05) is 0 Å². The molecule has 5 heteroatoms. The predicted octanol–water partition coefficient (Wildman–Crippen LogP) is 4.14. The van der Waals surface area contributed by atoms with Crippen LogP contribution in [0.4, 0.5) is 0 Å². The molecule has 1 unspecified atom stereocenters. The number of unbranched alkanes of at least 4 members (excludes halogenated alkanes) is 4. The maximum absolute atomic E-state index is 9.43. The molecular weight excluding hydrogens is 263 g/mol. The molecule has 0 fully saturated rings. The van der Waals surface area contributed by atoms with Gasteiger partial charge in [-0.15, -0.1) is 0 Å². The summed E-state index contributed by atoms with van der Waals surface area (Å²) in [5.74, 6) is -1.70. The second-order valence-electron chi connectivity index (χ2n) is 6.64. The van der Waals surface area contributed by atoms with E-state index in [2.05, 4.69) is 45.4 Å². The summed E-state index contributed by atoms with van der Waals surface area (Å²) in [6, 6.07) is 0. The van der Waals surface area contributed by atoms with Crippen molar-refractivity contribution in [2.45, 2.75) is 77.7 Å². The Morgan fingerprint density at radius 2 is 1.48 bits per heavy atom. The van der Waals surface area contributed by atoms with Crippen molar-refractivity contribution in [1.82, 2.24) is 0 Å². The summed E-state index contributed by atoms with van der Waals surface area (Å²) in [5, 5.41) is 16.8. The van der Waals surface area contributed by atoms with Crippen LogP contribution in [0, 0.1) is 11.3 Å². The van der Waals surface area contributed by atoms with Crippen LogP contribution in [0.2, 0.25) is 5.09 Å². The zero-order valence-corrected chi connectivity index (χ0v) is 14.4. The molecule has 0 radical (unpaired) electrons. The first kappa shape index (κ1) is 22.8. The molecule has 0 bridgehead atoms. The fourth-order valence-corrected chi connectivity index (χ4v) is 2.37. The van der Waals surface area contributed by atoms with E-state index >= 15 is 0 Å². The topological polar surface area (TPSA) is 74.6 Å². The van der Waals surface area contributed by atoms with Crippen molar-refractivity contribution in [3.8, 4) is 0 Å². The average Bonchev–Trinajstić information content (AvgIpc) is 2.31. The van der Waals surface area contributed by atoms with Gasteiger partial charge in [-0.1, -0.05) is 0 Å². The monoisotopic (exact) mass is 294 g/mol. The molecule has 120 valence electrons. The summed E-state index contributed by atoms with van der Waals surface area (Å²) < 4.78 is 0. The van der Waals surface area contributed by atoms with Crippen LogP contribution in [0.3, 0.4) is 0 Å². The molecule has 0 aliphatic rings. The van der Waals surface area contributed by atoms with Gasteiger partial charge in [0.25, 0.3) is 0 Å². The fraction of sp³-hybridized carbons (Fsp3) is 0.875. The number of hydrogen-bond donors (Lipinski definition) is 2. The Kier molecular flexibility index (Phi) is 14.4. The van der Waals surface area contributed by atoms with Crippen LogP contribution in [0.1, 0.15) is 72.6 Å². The van der Waals surface area contributed by atoms with E-state index in [1.165, 1.54) is 43.6 Å². The molecule has 0 saturated carbocycles. The van der Waals surface area contributed by atoms with Crippen LogP contribution in [0.15, 0.2) is 0 Å². The van der Waals surface area contributed by atoms with Gasteiger partial charge in [0.2, 0.25) is 0 Å². The van der Waals surface area contributed by atoms with Crippen LogP contribution in [0.5, 0.6) is 0 Å². The molecule has 0 aromatic carbocycles. The van der Waals surface area contributed by atoms with E-state index in [9.17, 15) is 9.59 Å². The summed E-state index contributed by atoms with van der Waals surface area (Å²) >= 11 is 2.34. The molecule has 0 aliphatic carbocycles. The Balaban J connectivity index is 0. The van der Waals surface area contributed by atoms with E-state index < -0.39 is 18.4 Å². The molecule has 21 heavy (non-hydrogen) atoms. The summed E-state index contributed by atoms with van der Waals surface area (Å²) in [4.78, 5) is 18.9. The summed E-state index contributed by atoms with van der Waals surface area (Å²) in [6.45, 7) is 9.43. The van der Waals surface area contributed by atoms with Crippen LogP contribution in [0.25, 0.3) is 0 Å². The van der Waals surface area contributed by atoms with Gasteiger partial charge in [-0.3, -0.25) is 9.59 Å². The molecule has 0 saturated heterocycles. The van der Waals surface area contributed by atoms with Crippen LogP contribution in [-0.4, -0.2) is 39.9 Å². The summed E-state index contributed by atoms with van der Waals surface area (Å²) in [7, 11) is 0. The third-order valence-electron chi connectivity index (χ3n) is 3.68. The summed E-state index contributed by atoms with van der Waals surface area (Å²) in [6.07, 6.45) is 7.74. The van der Waals surface area contributed by atoms with E-state index in [4.69, 9.17) is 10.2 Å². The summed E-state index contributed by atoms with van der Waals surface area (Å²) in [5.41, 5.74) is 0.513. The van der Waals surface area contributed by atoms with E-state index in [1.54, 1.807) is 0 Å². The van der Waals surface area contributed by atoms with E-state index in [0.29, 0.717) is 5.41 Å². The van der Waals surface area contributed by atoms with Gasteiger partial charge in [-0.05, 0) is 0 Å². The van der Waals surface area contributed by atoms with Crippen molar-refractivity contribution in [2.75, 3.05) is 0 Å². The van der Waals surface area contributed by atoms with Crippen LogP contribution in [-0.2, 0) is 9.59 Å². The molecule has 4 nitrogen and oxygen atoms in total. The number of rotatable bonds is 9. The van der Waals surface area contributed by atoms with Crippen molar-refractivity contribution in [2.24, 2.45) is 11.3 Å². The average molecular weight is 294 g/mol. The minimum absolute atomic E-state index is 0.513. The molecule has 0 aromatic heterocycles. The van der Waals surface area contributed by atoms with Crippen molar-refractivity contribution in [3.63, 3.8) is 0 Å². The van der Waals surface area contributed by atoms with Gasteiger partial charge in [0.15, 0.2) is 0 Å². The van der Waals surface area contributed by atoms with Crippen molar-refractivity contribution in [3.05, 3.63) is 0 Å². The van der Waals surface area contributed by atoms with Gasteiger partial charge in [-0.25, -0.2) is 0 Å². The number of carbonyl (C=O) groups is 2. The molecule has 0 amide bonds. The van der Waals surface area contributed by atoms with Crippen molar-refractivity contribution in [1.29, 1.82) is 0 Å². The molecule has 1 atom stereocenters. The Morgan fingerprint density at radius 3 is 1.76 bits per heavy atom. The Bertz CT molecular complexity index is 272. The number of aliphatic carboxylic acids is 2. The number of carboxylic acids is 2. The first-order valence-electron chi connectivity index (χ1n) is 8.08. The predicted molar refractivity (Wildman–Crippen MR) is 86.8 cm³/mol. The van der Waals surface area contributed by atoms with Crippen molar-refractivity contribution < 1.29 is 19.8 Å². The second kappa shape index (κ2) is 13.2. The fourth-order valence-electron chi connectivity index (χ4n) is 2.37. The SMILES string of the molecule is O=C(O)CC(=O)O.[Li][CH2]C(CCCCCCC)C(C)(C)C.